The van der Waals surface area contributed by atoms with Gasteiger partial charge in [0.05, 0.1) is 17.6 Å². The van der Waals surface area contributed by atoms with Crippen LogP contribution in [0.25, 0.3) is 11.0 Å². The maximum atomic E-state index is 5.75. The summed E-state index contributed by atoms with van der Waals surface area (Å²) in [5.74, 6) is 0. The van der Waals surface area contributed by atoms with E-state index < -0.39 is 0 Å². The third kappa shape index (κ3) is 1.76. The van der Waals surface area contributed by atoms with Gasteiger partial charge >= 0.3 is 0 Å². The number of nitrogens with zero attached hydrogens (tertiary/aromatic N) is 3. The van der Waals surface area contributed by atoms with Crippen LogP contribution in [-0.2, 0) is 4.74 Å². The first-order chi connectivity index (χ1) is 8.25. The zero-order valence-electron chi connectivity index (χ0n) is 9.89. The fraction of sp³-hybridized carbons (Fsp3) is 0.500. The predicted molar refractivity (Wildman–Crippen MR) is 65.5 cm³/mol. The highest BCUT2D eigenvalue weighted by molar-refractivity contribution is 5.81. The topological polar surface area (TPSA) is 66.0 Å². The summed E-state index contributed by atoms with van der Waals surface area (Å²) in [4.78, 5) is 4.37. The molecule has 3 heterocycles. The molecule has 0 bridgehead atoms. The summed E-state index contributed by atoms with van der Waals surface area (Å²) in [5, 5.41) is 5.54. The first-order valence-corrected chi connectivity index (χ1v) is 5.97. The van der Waals surface area contributed by atoms with Gasteiger partial charge in [-0.2, -0.15) is 5.10 Å². The van der Waals surface area contributed by atoms with Crippen LogP contribution in [-0.4, -0.2) is 21.4 Å². The molecule has 1 unspecified atom stereocenters. The summed E-state index contributed by atoms with van der Waals surface area (Å²) in [6.07, 6.45) is 5.01. The number of ether oxygens (including phenoxy) is 1. The smallest absolute Gasteiger partial charge is 0.160 e. The SMILES string of the molecule is Cc1nn(C2CCCCO2)c2ncc(N)cc12. The van der Waals surface area contributed by atoms with E-state index >= 15 is 0 Å². The number of nitrogen functional groups attached to an aromatic ring is 1. The lowest BCUT2D eigenvalue weighted by Crippen LogP contribution is -2.19. The highest BCUT2D eigenvalue weighted by atomic mass is 16.5. The van der Waals surface area contributed by atoms with Crippen molar-refractivity contribution in [3.05, 3.63) is 18.0 Å². The predicted octanol–water partition coefficient (Wildman–Crippen LogP) is 2.02. The first kappa shape index (κ1) is 10.5. The molecule has 0 aliphatic carbocycles. The number of anilines is 1. The van der Waals surface area contributed by atoms with Gasteiger partial charge in [-0.05, 0) is 32.3 Å². The number of aryl methyl sites for hydroxylation is 1. The maximum absolute atomic E-state index is 5.75. The van der Waals surface area contributed by atoms with Crippen molar-refractivity contribution in [2.24, 2.45) is 0 Å². The van der Waals surface area contributed by atoms with Crippen LogP contribution in [0.5, 0.6) is 0 Å². The highest BCUT2D eigenvalue weighted by Gasteiger charge is 2.20. The van der Waals surface area contributed by atoms with E-state index in [0.29, 0.717) is 5.69 Å². The third-order valence-electron chi connectivity index (χ3n) is 3.18. The summed E-state index contributed by atoms with van der Waals surface area (Å²) >= 11 is 0. The maximum Gasteiger partial charge on any atom is 0.160 e. The lowest BCUT2D eigenvalue weighted by Gasteiger charge is -2.22. The fourth-order valence-corrected chi connectivity index (χ4v) is 2.30. The average molecular weight is 232 g/mol. The van der Waals surface area contributed by atoms with E-state index in [2.05, 4.69) is 10.1 Å². The van der Waals surface area contributed by atoms with E-state index in [1.54, 1.807) is 6.20 Å². The number of fused-ring (bicyclic) bond motifs is 1. The van der Waals surface area contributed by atoms with Crippen LogP contribution in [0.2, 0.25) is 0 Å². The minimum Gasteiger partial charge on any atom is -0.397 e. The Balaban J connectivity index is 2.10. The fourth-order valence-electron chi connectivity index (χ4n) is 2.30. The van der Waals surface area contributed by atoms with Gasteiger partial charge in [-0.1, -0.05) is 0 Å². The highest BCUT2D eigenvalue weighted by Crippen LogP contribution is 2.27. The van der Waals surface area contributed by atoms with Gasteiger partial charge in [-0.15, -0.1) is 0 Å². The molecule has 0 saturated carbocycles. The van der Waals surface area contributed by atoms with Crippen molar-refractivity contribution in [2.75, 3.05) is 12.3 Å². The molecule has 0 aromatic carbocycles. The van der Waals surface area contributed by atoms with Crippen LogP contribution < -0.4 is 5.73 Å². The largest absolute Gasteiger partial charge is 0.397 e. The molecule has 0 radical (unpaired) electrons. The summed E-state index contributed by atoms with van der Waals surface area (Å²) in [7, 11) is 0. The van der Waals surface area contributed by atoms with E-state index in [1.807, 2.05) is 17.7 Å². The van der Waals surface area contributed by atoms with E-state index in [0.717, 1.165) is 36.2 Å². The number of pyridine rings is 1. The number of hydrogen-bond donors (Lipinski definition) is 1. The van der Waals surface area contributed by atoms with Crippen LogP contribution in [0.1, 0.15) is 31.2 Å². The Hall–Kier alpha value is -1.62. The van der Waals surface area contributed by atoms with Gasteiger partial charge in [0.25, 0.3) is 0 Å². The lowest BCUT2D eigenvalue weighted by molar-refractivity contribution is -0.0371. The summed E-state index contributed by atoms with van der Waals surface area (Å²) < 4.78 is 7.64. The first-order valence-electron chi connectivity index (χ1n) is 5.97. The van der Waals surface area contributed by atoms with Crippen LogP contribution in [0, 0.1) is 6.92 Å². The molecular formula is C12H16N4O. The molecule has 1 fully saturated rings. The Kier molecular flexibility index (Phi) is 2.48. The Labute approximate surface area is 99.6 Å². The Morgan fingerprint density at radius 2 is 2.35 bits per heavy atom. The second-order valence-electron chi connectivity index (χ2n) is 4.49. The van der Waals surface area contributed by atoms with Crippen molar-refractivity contribution in [3.8, 4) is 0 Å². The average Bonchev–Trinajstić information content (AvgIpc) is 2.68. The molecule has 3 rings (SSSR count). The molecule has 1 atom stereocenters. The molecule has 1 aliphatic rings. The summed E-state index contributed by atoms with van der Waals surface area (Å²) in [5.41, 5.74) is 8.24. The van der Waals surface area contributed by atoms with Gasteiger partial charge in [0.2, 0.25) is 0 Å². The summed E-state index contributed by atoms with van der Waals surface area (Å²) in [6, 6.07) is 1.92. The van der Waals surface area contributed by atoms with Crippen molar-refractivity contribution < 1.29 is 4.74 Å². The van der Waals surface area contributed by atoms with E-state index in [-0.39, 0.29) is 6.23 Å². The standard InChI is InChI=1S/C12H16N4O/c1-8-10-6-9(13)7-14-12(10)16(15-8)11-4-2-3-5-17-11/h6-7,11H,2-5,13H2,1H3. The van der Waals surface area contributed by atoms with E-state index in [4.69, 9.17) is 10.5 Å². The number of aromatic nitrogens is 3. The van der Waals surface area contributed by atoms with Crippen LogP contribution in [0.3, 0.4) is 0 Å². The van der Waals surface area contributed by atoms with Gasteiger partial charge in [0.15, 0.2) is 11.9 Å². The summed E-state index contributed by atoms with van der Waals surface area (Å²) in [6.45, 7) is 2.78. The van der Waals surface area contributed by atoms with Crippen LogP contribution in [0.15, 0.2) is 12.3 Å². The molecule has 17 heavy (non-hydrogen) atoms. The molecule has 5 nitrogen and oxygen atoms in total. The molecule has 0 amide bonds. The van der Waals surface area contributed by atoms with Crippen LogP contribution in [0.4, 0.5) is 5.69 Å². The lowest BCUT2D eigenvalue weighted by atomic mass is 10.2. The van der Waals surface area contributed by atoms with E-state index in [1.165, 1.54) is 6.42 Å². The van der Waals surface area contributed by atoms with Crippen molar-refractivity contribution >= 4 is 16.7 Å². The minimum atomic E-state index is 0.0241. The molecule has 90 valence electrons. The number of hydrogen-bond acceptors (Lipinski definition) is 4. The molecule has 1 saturated heterocycles. The molecule has 2 aromatic heterocycles. The van der Waals surface area contributed by atoms with E-state index in [9.17, 15) is 0 Å². The Bertz CT molecular complexity index is 543. The molecular weight excluding hydrogens is 216 g/mol. The van der Waals surface area contributed by atoms with Gasteiger partial charge in [-0.25, -0.2) is 9.67 Å². The second-order valence-corrected chi connectivity index (χ2v) is 4.49. The minimum absolute atomic E-state index is 0.0241. The monoisotopic (exact) mass is 232 g/mol. The molecule has 5 heteroatoms. The zero-order chi connectivity index (χ0) is 11.8. The van der Waals surface area contributed by atoms with Gasteiger partial charge in [-0.3, -0.25) is 0 Å². The Morgan fingerprint density at radius 1 is 1.47 bits per heavy atom. The molecule has 1 aliphatic heterocycles. The normalized spacial score (nSPS) is 20.9. The number of rotatable bonds is 1. The van der Waals surface area contributed by atoms with Crippen LogP contribution >= 0.6 is 0 Å². The molecule has 2 N–H and O–H groups in total. The van der Waals surface area contributed by atoms with Crippen molar-refractivity contribution in [3.63, 3.8) is 0 Å². The molecule has 0 spiro atoms. The van der Waals surface area contributed by atoms with Crippen molar-refractivity contribution in [2.45, 2.75) is 32.4 Å². The van der Waals surface area contributed by atoms with Gasteiger partial charge in [0.1, 0.15) is 0 Å². The van der Waals surface area contributed by atoms with Crippen molar-refractivity contribution in [1.82, 2.24) is 14.8 Å². The quantitative estimate of drug-likeness (QED) is 0.816. The second kappa shape index (κ2) is 4.00. The molecule has 2 aromatic rings. The number of nitrogens with two attached hydrogens (primary N) is 1. The zero-order valence-corrected chi connectivity index (χ0v) is 9.89. The van der Waals surface area contributed by atoms with Gasteiger partial charge in [0, 0.05) is 12.0 Å². The van der Waals surface area contributed by atoms with Gasteiger partial charge < -0.3 is 10.5 Å². The van der Waals surface area contributed by atoms with Crippen molar-refractivity contribution in [1.29, 1.82) is 0 Å². The Morgan fingerprint density at radius 3 is 3.12 bits per heavy atom. The third-order valence-corrected chi connectivity index (χ3v) is 3.18.